The lowest BCUT2D eigenvalue weighted by atomic mass is 10.0. The molecule has 0 fully saturated rings. The molecule has 0 radical (unpaired) electrons. The Bertz CT molecular complexity index is 1010. The van der Waals surface area contributed by atoms with Crippen molar-refractivity contribution in [3.05, 3.63) is 12.2 Å². The number of ether oxygens (including phenoxy) is 2. The van der Waals surface area contributed by atoms with E-state index in [4.69, 9.17) is 24.8 Å². The summed E-state index contributed by atoms with van der Waals surface area (Å²) in [4.78, 5) is 45.9. The van der Waals surface area contributed by atoms with E-state index in [2.05, 4.69) is 30.5 Å². The maximum absolute atomic E-state index is 12.6. The van der Waals surface area contributed by atoms with E-state index < -0.39 is 51.1 Å². The molecule has 0 amide bonds. The summed E-state index contributed by atoms with van der Waals surface area (Å²) < 4.78 is 32.6. The average molecular weight is 806 g/mol. The van der Waals surface area contributed by atoms with Gasteiger partial charge in [-0.25, -0.2) is 4.57 Å². The van der Waals surface area contributed by atoms with Gasteiger partial charge in [-0.05, 0) is 51.4 Å². The number of allylic oxidation sites excluding steroid dienone is 2. The van der Waals surface area contributed by atoms with E-state index in [9.17, 15) is 28.9 Å². The Kier molecular flexibility index (Phi) is 36.5. The summed E-state index contributed by atoms with van der Waals surface area (Å²) in [6.45, 7) is 2.70. The zero-order valence-electron chi connectivity index (χ0n) is 34.6. The first-order chi connectivity index (χ1) is 26.5. The van der Waals surface area contributed by atoms with Crippen molar-refractivity contribution < 1.29 is 52.6 Å². The van der Waals surface area contributed by atoms with Crippen molar-refractivity contribution in [1.29, 1.82) is 0 Å². The van der Waals surface area contributed by atoms with E-state index in [1.54, 1.807) is 0 Å². The van der Waals surface area contributed by atoms with E-state index in [0.717, 1.165) is 103 Å². The molecule has 0 rings (SSSR count). The lowest BCUT2D eigenvalue weighted by Gasteiger charge is -2.20. The van der Waals surface area contributed by atoms with Gasteiger partial charge in [0, 0.05) is 12.8 Å². The lowest BCUT2D eigenvalue weighted by molar-refractivity contribution is -0.161. The van der Waals surface area contributed by atoms with Crippen molar-refractivity contribution >= 4 is 25.7 Å². The van der Waals surface area contributed by atoms with Crippen LogP contribution in [-0.4, -0.2) is 71.1 Å². The smallest absolute Gasteiger partial charge is 0.472 e. The minimum Gasteiger partial charge on any atom is -0.480 e. The normalized spacial score (nSPS) is 14.4. The third-order valence-electron chi connectivity index (χ3n) is 9.59. The van der Waals surface area contributed by atoms with Crippen LogP contribution in [0.4, 0.5) is 0 Å². The number of aliphatic hydroxyl groups excluding tert-OH is 1. The van der Waals surface area contributed by atoms with Crippen molar-refractivity contribution in [2.24, 2.45) is 5.73 Å². The topological polar surface area (TPSA) is 192 Å². The Morgan fingerprint density at radius 3 is 1.53 bits per heavy atom. The molecule has 0 aliphatic heterocycles. The number of hydrogen-bond donors (Lipinski definition) is 4. The minimum absolute atomic E-state index is 0.135. The van der Waals surface area contributed by atoms with Crippen LogP contribution >= 0.6 is 7.82 Å². The SMILES string of the molecule is CCCCCCCC/C=C\CCCCCCCC(=O)OCC(COP(=O)(O)OCC(N)C(=O)O)OC(=O)CCCCCCCCCCC(O)CCCCCC. The van der Waals surface area contributed by atoms with Gasteiger partial charge in [-0.2, -0.15) is 0 Å². The Hall–Kier alpha value is -1.82. The first kappa shape index (κ1) is 53.2. The number of carbonyl (C=O) groups is 3. The molecule has 0 spiro atoms. The zero-order valence-corrected chi connectivity index (χ0v) is 35.5. The molecule has 0 saturated heterocycles. The largest absolute Gasteiger partial charge is 0.480 e. The van der Waals surface area contributed by atoms with Crippen molar-refractivity contribution in [3.63, 3.8) is 0 Å². The molecule has 0 bridgehead atoms. The lowest BCUT2D eigenvalue weighted by Crippen LogP contribution is -2.34. The van der Waals surface area contributed by atoms with Gasteiger partial charge in [0.1, 0.15) is 12.6 Å². The van der Waals surface area contributed by atoms with Gasteiger partial charge < -0.3 is 30.3 Å². The molecule has 0 aromatic rings. The summed E-state index contributed by atoms with van der Waals surface area (Å²) in [5.74, 6) is -2.42. The number of esters is 2. The molecule has 0 heterocycles. The maximum atomic E-state index is 12.6. The first-order valence-corrected chi connectivity index (χ1v) is 23.3. The second-order valence-electron chi connectivity index (χ2n) is 15.0. The van der Waals surface area contributed by atoms with Crippen molar-refractivity contribution in [2.45, 2.75) is 218 Å². The molecule has 324 valence electrons. The average Bonchev–Trinajstić information content (AvgIpc) is 3.15. The van der Waals surface area contributed by atoms with E-state index in [0.29, 0.717) is 12.8 Å². The molecule has 12 nitrogen and oxygen atoms in total. The molecular formula is C42H80NO11P. The highest BCUT2D eigenvalue weighted by Gasteiger charge is 2.28. The molecule has 0 aliphatic rings. The summed E-state index contributed by atoms with van der Waals surface area (Å²) in [6, 6.07) is -1.53. The summed E-state index contributed by atoms with van der Waals surface area (Å²) in [7, 11) is -4.73. The number of aliphatic hydroxyl groups is 1. The quantitative estimate of drug-likeness (QED) is 0.0198. The Labute approximate surface area is 333 Å². The fourth-order valence-corrected chi connectivity index (χ4v) is 6.86. The number of phosphoric ester groups is 1. The van der Waals surface area contributed by atoms with Crippen LogP contribution in [0.1, 0.15) is 200 Å². The summed E-state index contributed by atoms with van der Waals surface area (Å²) >= 11 is 0. The van der Waals surface area contributed by atoms with E-state index in [1.165, 1.54) is 57.8 Å². The van der Waals surface area contributed by atoms with Gasteiger partial charge in [0.15, 0.2) is 6.10 Å². The monoisotopic (exact) mass is 806 g/mol. The van der Waals surface area contributed by atoms with Crippen LogP contribution in [0.5, 0.6) is 0 Å². The highest BCUT2D eigenvalue weighted by Crippen LogP contribution is 2.43. The molecular weight excluding hydrogens is 725 g/mol. The first-order valence-electron chi connectivity index (χ1n) is 21.8. The van der Waals surface area contributed by atoms with Crippen LogP contribution in [0.3, 0.4) is 0 Å². The number of nitrogens with two attached hydrogens (primary N) is 1. The predicted molar refractivity (Wildman–Crippen MR) is 219 cm³/mol. The fraction of sp³-hybridized carbons (Fsp3) is 0.881. The van der Waals surface area contributed by atoms with E-state index in [1.807, 2.05) is 0 Å². The second-order valence-corrected chi connectivity index (χ2v) is 16.5. The highest BCUT2D eigenvalue weighted by atomic mass is 31.2. The standard InChI is InChI=1S/C42H80NO11P/c1-3-5-7-9-10-11-12-13-14-15-16-17-21-24-28-32-40(45)51-34-38(35-52-55(49,50)53-36-39(43)42(47)48)54-41(46)33-29-25-22-19-18-20-23-27-31-37(44)30-26-8-6-4-2/h13-14,37-39,44H,3-12,15-36,43H2,1-2H3,(H,47,48)(H,49,50)/b14-13-. The van der Waals surface area contributed by atoms with E-state index in [-0.39, 0.29) is 25.6 Å². The van der Waals surface area contributed by atoms with Crippen LogP contribution in [0.15, 0.2) is 12.2 Å². The van der Waals surface area contributed by atoms with Gasteiger partial charge in [0.25, 0.3) is 0 Å². The van der Waals surface area contributed by atoms with Gasteiger partial charge in [0.2, 0.25) is 0 Å². The molecule has 55 heavy (non-hydrogen) atoms. The van der Waals surface area contributed by atoms with Gasteiger partial charge >= 0.3 is 25.7 Å². The van der Waals surface area contributed by atoms with Crippen molar-refractivity contribution in [2.75, 3.05) is 19.8 Å². The van der Waals surface area contributed by atoms with Crippen LogP contribution in [0, 0.1) is 0 Å². The molecule has 4 atom stereocenters. The minimum atomic E-state index is -4.73. The number of hydrogen-bond acceptors (Lipinski definition) is 10. The predicted octanol–water partition coefficient (Wildman–Crippen LogP) is 10.3. The van der Waals surface area contributed by atoms with Crippen LogP contribution < -0.4 is 5.73 Å². The van der Waals surface area contributed by atoms with Crippen LogP contribution in [-0.2, 0) is 37.5 Å². The highest BCUT2D eigenvalue weighted by molar-refractivity contribution is 7.47. The van der Waals surface area contributed by atoms with Crippen LogP contribution in [0.25, 0.3) is 0 Å². The third kappa shape index (κ3) is 37.5. The van der Waals surface area contributed by atoms with Gasteiger partial charge in [-0.3, -0.25) is 23.4 Å². The summed E-state index contributed by atoms with van der Waals surface area (Å²) in [5.41, 5.74) is 5.33. The van der Waals surface area contributed by atoms with Gasteiger partial charge in [-0.15, -0.1) is 0 Å². The number of carboxylic acids is 1. The second kappa shape index (κ2) is 37.7. The number of carboxylic acid groups (broad SMARTS) is 1. The van der Waals surface area contributed by atoms with E-state index >= 15 is 0 Å². The number of unbranched alkanes of at least 4 members (excludes halogenated alkanes) is 21. The van der Waals surface area contributed by atoms with Crippen molar-refractivity contribution in [3.8, 4) is 0 Å². The number of aliphatic carboxylic acids is 1. The summed E-state index contributed by atoms with van der Waals surface area (Å²) in [5, 5.41) is 19.0. The molecule has 4 unspecified atom stereocenters. The van der Waals surface area contributed by atoms with Crippen LogP contribution in [0.2, 0.25) is 0 Å². The molecule has 0 aliphatic carbocycles. The Balaban J connectivity index is 4.39. The Morgan fingerprint density at radius 1 is 0.600 bits per heavy atom. The molecule has 0 saturated carbocycles. The number of phosphoric acid groups is 1. The maximum Gasteiger partial charge on any atom is 0.472 e. The third-order valence-corrected chi connectivity index (χ3v) is 10.5. The number of rotatable bonds is 41. The van der Waals surface area contributed by atoms with Gasteiger partial charge in [-0.1, -0.05) is 148 Å². The summed E-state index contributed by atoms with van der Waals surface area (Å²) in [6.07, 6.45) is 32.9. The molecule has 0 aromatic carbocycles. The number of carbonyl (C=O) groups excluding carboxylic acids is 2. The molecule has 13 heteroatoms. The molecule has 5 N–H and O–H groups in total. The fourth-order valence-electron chi connectivity index (χ4n) is 6.08. The molecule has 0 aromatic heterocycles. The Morgan fingerprint density at radius 2 is 1.02 bits per heavy atom. The zero-order chi connectivity index (χ0) is 40.8. The van der Waals surface area contributed by atoms with Crippen molar-refractivity contribution in [1.82, 2.24) is 0 Å². The van der Waals surface area contributed by atoms with Gasteiger partial charge in [0.05, 0.1) is 19.3 Å².